The normalized spacial score (nSPS) is 6.58. The fraction of sp³-hybridized carbons (Fsp3) is 0.600. The van der Waals surface area contributed by atoms with Gasteiger partial charge in [-0.25, -0.2) is 0 Å². The van der Waals surface area contributed by atoms with E-state index in [-0.39, 0.29) is 70.9 Å². The second-order valence-electron chi connectivity index (χ2n) is 1.81. The van der Waals surface area contributed by atoms with Crippen molar-refractivity contribution in [2.75, 3.05) is 0 Å². The molecule has 2 N–H and O–H groups in total. The quantitative estimate of drug-likeness (QED) is 0.417. The van der Waals surface area contributed by atoms with Gasteiger partial charge in [0.2, 0.25) is 5.91 Å². The third-order valence-electron chi connectivity index (χ3n) is 0.569. The van der Waals surface area contributed by atoms with E-state index in [2.05, 4.69) is 0 Å². The van der Waals surface area contributed by atoms with E-state index in [1.165, 1.54) is 0 Å². The molecule has 0 spiro atoms. The molecule has 0 unspecified atom stereocenters. The molecule has 1 amide bonds. The van der Waals surface area contributed by atoms with E-state index in [1.54, 1.807) is 13.8 Å². The van der Waals surface area contributed by atoms with Gasteiger partial charge in [-0.05, 0) is 6.16 Å². The van der Waals surface area contributed by atoms with Gasteiger partial charge in [0.25, 0.3) is 0 Å². The Morgan fingerprint density at radius 1 is 1.17 bits per heavy atom. The van der Waals surface area contributed by atoms with Crippen molar-refractivity contribution in [1.82, 2.24) is 0 Å². The van der Waals surface area contributed by atoms with E-state index >= 15 is 0 Å². The number of rotatable bonds is 1. The molecule has 0 aromatic rings. The minimum absolute atomic E-state index is 0. The van der Waals surface area contributed by atoms with Crippen molar-refractivity contribution in [3.63, 3.8) is 0 Å². The molecular weight excluding hydrogens is 184 g/mol. The van der Waals surface area contributed by atoms with E-state index in [0.717, 1.165) is 0 Å². The number of amides is 1. The smallest absolute Gasteiger partial charge is 0.652 e. The summed E-state index contributed by atoms with van der Waals surface area (Å²) >= 11 is 0. The summed E-state index contributed by atoms with van der Waals surface area (Å²) < 4.78 is 0. The summed E-state index contributed by atoms with van der Waals surface area (Å²) in [6.07, 6.45) is -2.33. The molecule has 0 aromatic heterocycles. The van der Waals surface area contributed by atoms with E-state index in [1.807, 2.05) is 0 Å². The molecule has 0 fully saturated rings. The van der Waals surface area contributed by atoms with E-state index in [4.69, 9.17) is 20.7 Å². The SMILES string of the molecule is CC(C)C(N)=O.O=C([O-])[O-].[Na+].[Na+]. The molecule has 0 rings (SSSR count). The monoisotopic (exact) mass is 193 g/mol. The van der Waals surface area contributed by atoms with Crippen molar-refractivity contribution in [3.05, 3.63) is 0 Å². The number of carbonyl (C=O) groups excluding carboxylic acids is 2. The number of carbonyl (C=O) groups is 2. The van der Waals surface area contributed by atoms with Crippen molar-refractivity contribution >= 4 is 12.1 Å². The number of hydrogen-bond donors (Lipinski definition) is 1. The molecule has 0 aliphatic heterocycles. The van der Waals surface area contributed by atoms with Gasteiger partial charge in [0.1, 0.15) is 0 Å². The summed E-state index contributed by atoms with van der Waals surface area (Å²) in [5.41, 5.74) is 4.80. The standard InChI is InChI=1S/C4H9NO.CH2O3.2Na/c1-3(2)4(5)6;2-1(3)4;;/h3H,1-2H3,(H2,5,6);(H2,2,3,4);;/q;;2*+1/p-2. The van der Waals surface area contributed by atoms with Crippen molar-refractivity contribution in [1.29, 1.82) is 0 Å². The van der Waals surface area contributed by atoms with Crippen molar-refractivity contribution in [2.45, 2.75) is 13.8 Å². The molecule has 0 aliphatic rings. The summed E-state index contributed by atoms with van der Waals surface area (Å²) in [5, 5.41) is 16.7. The molecule has 0 aliphatic carbocycles. The van der Waals surface area contributed by atoms with Crippen LogP contribution in [0.1, 0.15) is 13.8 Å². The molecule has 0 saturated heterocycles. The summed E-state index contributed by atoms with van der Waals surface area (Å²) in [6.45, 7) is 3.53. The van der Waals surface area contributed by atoms with Gasteiger partial charge < -0.3 is 20.7 Å². The van der Waals surface area contributed by atoms with E-state index in [9.17, 15) is 4.79 Å². The zero-order valence-electron chi connectivity index (χ0n) is 7.79. The fourth-order valence-electron chi connectivity index (χ4n) is 0. The Morgan fingerprint density at radius 2 is 1.25 bits per heavy atom. The zero-order valence-corrected chi connectivity index (χ0v) is 11.8. The zero-order chi connectivity index (χ0) is 8.73. The number of hydrogen-bond acceptors (Lipinski definition) is 4. The third-order valence-corrected chi connectivity index (χ3v) is 0.569. The maximum Gasteiger partial charge on any atom is 1.00 e. The van der Waals surface area contributed by atoms with Crippen LogP contribution in [0, 0.1) is 5.92 Å². The van der Waals surface area contributed by atoms with Gasteiger partial charge in [0.05, 0.1) is 0 Å². The molecule has 5 nitrogen and oxygen atoms in total. The van der Waals surface area contributed by atoms with Crippen LogP contribution in [0.3, 0.4) is 0 Å². The first-order valence-corrected chi connectivity index (χ1v) is 2.55. The van der Waals surface area contributed by atoms with Crippen LogP contribution in [0.15, 0.2) is 0 Å². The molecule has 0 saturated carbocycles. The fourth-order valence-corrected chi connectivity index (χ4v) is 0. The van der Waals surface area contributed by atoms with Gasteiger partial charge in [-0.2, -0.15) is 0 Å². The van der Waals surface area contributed by atoms with Gasteiger partial charge in [-0.1, -0.05) is 13.8 Å². The maximum atomic E-state index is 9.92. The van der Waals surface area contributed by atoms with E-state index in [0.29, 0.717) is 0 Å². The second kappa shape index (κ2) is 14.3. The first-order valence-electron chi connectivity index (χ1n) is 2.55. The molecule has 0 heterocycles. The molecule has 0 atom stereocenters. The van der Waals surface area contributed by atoms with Gasteiger partial charge in [-0.15, -0.1) is 0 Å². The van der Waals surface area contributed by atoms with Crippen LogP contribution in [-0.4, -0.2) is 12.1 Å². The van der Waals surface area contributed by atoms with Crippen molar-refractivity contribution < 1.29 is 78.9 Å². The van der Waals surface area contributed by atoms with E-state index < -0.39 is 6.16 Å². The Hall–Kier alpha value is 0.740. The molecule has 7 heteroatoms. The minimum atomic E-state index is -2.33. The molecule has 12 heavy (non-hydrogen) atoms. The Balaban J connectivity index is -0.0000000483. The maximum absolute atomic E-state index is 9.92. The molecule has 0 aromatic carbocycles. The van der Waals surface area contributed by atoms with Gasteiger partial charge >= 0.3 is 59.1 Å². The van der Waals surface area contributed by atoms with Gasteiger partial charge in [-0.3, -0.25) is 4.79 Å². The second-order valence-corrected chi connectivity index (χ2v) is 1.81. The average molecular weight is 193 g/mol. The summed E-state index contributed by atoms with van der Waals surface area (Å²) in [6, 6.07) is 0. The third kappa shape index (κ3) is 45.3. The molecular formula is C5H9NNa2O4. The minimum Gasteiger partial charge on any atom is -0.652 e. The number of nitrogens with two attached hydrogens (primary N) is 1. The van der Waals surface area contributed by atoms with Crippen LogP contribution in [0.4, 0.5) is 4.79 Å². The van der Waals surface area contributed by atoms with Crippen LogP contribution in [0.5, 0.6) is 0 Å². The van der Waals surface area contributed by atoms with Crippen LogP contribution < -0.4 is 75.1 Å². The van der Waals surface area contributed by atoms with Crippen LogP contribution in [-0.2, 0) is 4.79 Å². The van der Waals surface area contributed by atoms with Crippen LogP contribution in [0.25, 0.3) is 0 Å². The van der Waals surface area contributed by atoms with Crippen molar-refractivity contribution in [3.8, 4) is 0 Å². The van der Waals surface area contributed by atoms with Crippen LogP contribution in [0.2, 0.25) is 0 Å². The summed E-state index contributed by atoms with van der Waals surface area (Å²) in [7, 11) is 0. The first kappa shape index (κ1) is 23.0. The van der Waals surface area contributed by atoms with Gasteiger partial charge in [0.15, 0.2) is 0 Å². The Bertz CT molecular complexity index is 125. The Labute approximate surface area is 115 Å². The topological polar surface area (TPSA) is 106 Å². The molecule has 0 radical (unpaired) electrons. The summed E-state index contributed by atoms with van der Waals surface area (Å²) in [4.78, 5) is 18.3. The predicted octanol–water partition coefficient (Wildman–Crippen LogP) is -8.31. The van der Waals surface area contributed by atoms with Gasteiger partial charge in [0, 0.05) is 5.92 Å². The Kier molecular flexibility index (Phi) is 27.3. The molecule has 0 bridgehead atoms. The summed E-state index contributed by atoms with van der Waals surface area (Å²) in [5.74, 6) is -0.250. The average Bonchev–Trinajstić information content (AvgIpc) is 1.63. The van der Waals surface area contributed by atoms with Crippen molar-refractivity contribution in [2.24, 2.45) is 11.7 Å². The Morgan fingerprint density at radius 3 is 1.25 bits per heavy atom. The largest absolute Gasteiger partial charge is 1.00 e. The van der Waals surface area contributed by atoms with Crippen LogP contribution >= 0.6 is 0 Å². The predicted molar refractivity (Wildman–Crippen MR) is 29.4 cm³/mol. The number of primary amides is 1. The number of carboxylic acid groups (broad SMARTS) is 2. The first-order chi connectivity index (χ1) is 4.37. The molecule has 60 valence electrons.